The smallest absolute Gasteiger partial charge is 0.231 e. The number of nitrogens with zero attached hydrogens (tertiary/aromatic N) is 3. The maximum absolute atomic E-state index is 5.71. The molecule has 4 rings (SSSR count). The molecule has 0 fully saturated rings. The van der Waals surface area contributed by atoms with E-state index in [1.54, 1.807) is 11.8 Å². The first-order valence-electron chi connectivity index (χ1n) is 7.54. The Labute approximate surface area is 137 Å². The maximum atomic E-state index is 5.71. The van der Waals surface area contributed by atoms with Gasteiger partial charge in [-0.05, 0) is 30.7 Å². The highest BCUT2D eigenvalue weighted by Crippen LogP contribution is 2.23. The highest BCUT2D eigenvalue weighted by Gasteiger charge is 2.11. The molecular weight excluding hydrogens is 308 g/mol. The number of thioether (sulfide) groups is 1. The van der Waals surface area contributed by atoms with Crippen LogP contribution in [0.5, 0.6) is 5.75 Å². The van der Waals surface area contributed by atoms with Gasteiger partial charge in [-0.2, -0.15) is 0 Å². The second-order valence-corrected chi connectivity index (χ2v) is 6.19. The Morgan fingerprint density at radius 1 is 1.04 bits per heavy atom. The quantitative estimate of drug-likeness (QED) is 0.433. The zero-order valence-corrected chi connectivity index (χ0v) is 13.3. The lowest BCUT2D eigenvalue weighted by atomic mass is 10.3. The van der Waals surface area contributed by atoms with Gasteiger partial charge in [-0.3, -0.25) is 4.40 Å². The van der Waals surface area contributed by atoms with Crippen LogP contribution in [0, 0.1) is 0 Å². The molecule has 1 N–H and O–H groups in total. The van der Waals surface area contributed by atoms with E-state index in [0.29, 0.717) is 6.61 Å². The minimum atomic E-state index is 0.704. The third-order valence-electron chi connectivity index (χ3n) is 3.54. The zero-order valence-electron chi connectivity index (χ0n) is 12.5. The predicted octanol–water partition coefficient (Wildman–Crippen LogP) is 3.77. The number of aromatic amines is 1. The lowest BCUT2D eigenvalue weighted by Crippen LogP contribution is -1.99. The molecule has 0 spiro atoms. The standard InChI is InChI=1S/C17H16N4OS/c1-2-7-13(8-3-1)22-11-6-12-23-17-20-19-16-18-14-9-4-5-10-15(14)21(16)17/h1-5,7-10H,6,11-12H2,(H,18,19). The molecule has 5 nitrogen and oxygen atoms in total. The summed E-state index contributed by atoms with van der Waals surface area (Å²) in [7, 11) is 0. The molecule has 0 saturated heterocycles. The molecular formula is C17H16N4OS. The maximum Gasteiger partial charge on any atom is 0.231 e. The molecule has 4 aromatic rings. The van der Waals surface area contributed by atoms with E-state index in [9.17, 15) is 0 Å². The monoisotopic (exact) mass is 324 g/mol. The van der Waals surface area contributed by atoms with Crippen LogP contribution in [-0.2, 0) is 0 Å². The number of para-hydroxylation sites is 3. The number of fused-ring (bicyclic) bond motifs is 3. The molecule has 0 aliphatic rings. The van der Waals surface area contributed by atoms with Crippen LogP contribution in [0.4, 0.5) is 0 Å². The summed E-state index contributed by atoms with van der Waals surface area (Å²) in [4.78, 5) is 4.53. The van der Waals surface area contributed by atoms with E-state index >= 15 is 0 Å². The number of benzene rings is 2. The third-order valence-corrected chi connectivity index (χ3v) is 4.56. The molecule has 0 amide bonds. The van der Waals surface area contributed by atoms with Crippen molar-refractivity contribution in [3.63, 3.8) is 0 Å². The number of rotatable bonds is 6. The van der Waals surface area contributed by atoms with E-state index in [4.69, 9.17) is 4.74 Å². The van der Waals surface area contributed by atoms with Crippen LogP contribution in [0.25, 0.3) is 16.8 Å². The minimum Gasteiger partial charge on any atom is -0.494 e. The molecule has 0 bridgehead atoms. The predicted molar refractivity (Wildman–Crippen MR) is 92.1 cm³/mol. The zero-order chi connectivity index (χ0) is 15.5. The number of nitrogens with one attached hydrogen (secondary N) is 1. The highest BCUT2D eigenvalue weighted by atomic mass is 32.2. The van der Waals surface area contributed by atoms with Crippen LogP contribution in [0.3, 0.4) is 0 Å². The third kappa shape index (κ3) is 2.90. The van der Waals surface area contributed by atoms with E-state index < -0.39 is 0 Å². The van der Waals surface area contributed by atoms with Gasteiger partial charge in [0.2, 0.25) is 5.78 Å². The van der Waals surface area contributed by atoms with Crippen LogP contribution >= 0.6 is 11.8 Å². The lowest BCUT2D eigenvalue weighted by molar-refractivity contribution is 0.318. The molecule has 116 valence electrons. The summed E-state index contributed by atoms with van der Waals surface area (Å²) in [5, 5.41) is 8.29. The van der Waals surface area contributed by atoms with Crippen molar-refractivity contribution in [2.45, 2.75) is 11.6 Å². The first-order chi connectivity index (χ1) is 11.4. The van der Waals surface area contributed by atoms with Crippen LogP contribution in [0.1, 0.15) is 6.42 Å². The molecule has 2 aromatic carbocycles. The van der Waals surface area contributed by atoms with Gasteiger partial charge < -0.3 is 4.74 Å². The molecule has 2 aromatic heterocycles. The average molecular weight is 324 g/mol. The summed E-state index contributed by atoms with van der Waals surface area (Å²) >= 11 is 1.71. The molecule has 6 heteroatoms. The lowest BCUT2D eigenvalue weighted by Gasteiger charge is -2.05. The molecule has 0 saturated carbocycles. The van der Waals surface area contributed by atoms with Crippen molar-refractivity contribution in [1.82, 2.24) is 19.6 Å². The van der Waals surface area contributed by atoms with Gasteiger partial charge in [0.1, 0.15) is 5.75 Å². The van der Waals surface area contributed by atoms with Crippen LogP contribution in [0.15, 0.2) is 59.8 Å². The summed E-state index contributed by atoms with van der Waals surface area (Å²) in [5.41, 5.74) is 2.06. The second-order valence-electron chi connectivity index (χ2n) is 5.13. The first kappa shape index (κ1) is 14.1. The van der Waals surface area contributed by atoms with Crippen molar-refractivity contribution in [1.29, 1.82) is 0 Å². The molecule has 0 aliphatic heterocycles. The van der Waals surface area contributed by atoms with E-state index in [-0.39, 0.29) is 0 Å². The van der Waals surface area contributed by atoms with Gasteiger partial charge in [0.25, 0.3) is 0 Å². The van der Waals surface area contributed by atoms with Gasteiger partial charge in [0.15, 0.2) is 5.16 Å². The van der Waals surface area contributed by atoms with Crippen molar-refractivity contribution < 1.29 is 4.74 Å². The fourth-order valence-electron chi connectivity index (χ4n) is 2.47. The Morgan fingerprint density at radius 3 is 2.78 bits per heavy atom. The minimum absolute atomic E-state index is 0.704. The van der Waals surface area contributed by atoms with Crippen LogP contribution < -0.4 is 4.74 Å². The molecule has 0 unspecified atom stereocenters. The number of imidazole rings is 1. The van der Waals surface area contributed by atoms with E-state index in [2.05, 4.69) is 25.6 Å². The molecule has 0 radical (unpaired) electrons. The van der Waals surface area contributed by atoms with Crippen molar-refractivity contribution in [3.05, 3.63) is 54.6 Å². The second kappa shape index (κ2) is 6.34. The SMILES string of the molecule is c1ccc(OCCCSc2n[nH]c3nc4ccccc4n23)cc1. The fourth-order valence-corrected chi connectivity index (χ4v) is 3.34. The fraction of sp³-hybridized carbons (Fsp3) is 0.176. The van der Waals surface area contributed by atoms with Crippen molar-refractivity contribution in [2.75, 3.05) is 12.4 Å². The summed E-state index contributed by atoms with van der Waals surface area (Å²) < 4.78 is 7.77. The largest absolute Gasteiger partial charge is 0.494 e. The van der Waals surface area contributed by atoms with E-state index in [0.717, 1.165) is 39.9 Å². The number of ether oxygens (including phenoxy) is 1. The van der Waals surface area contributed by atoms with Crippen molar-refractivity contribution in [3.8, 4) is 5.75 Å². The van der Waals surface area contributed by atoms with Gasteiger partial charge in [0.05, 0.1) is 17.6 Å². The Morgan fingerprint density at radius 2 is 1.87 bits per heavy atom. The summed E-state index contributed by atoms with van der Waals surface area (Å²) in [6, 6.07) is 18.0. The molecule has 0 atom stereocenters. The summed E-state index contributed by atoms with van der Waals surface area (Å²) in [5.74, 6) is 2.65. The van der Waals surface area contributed by atoms with Crippen LogP contribution in [-0.4, -0.2) is 31.9 Å². The van der Waals surface area contributed by atoms with Gasteiger partial charge in [-0.15, -0.1) is 5.10 Å². The molecule has 23 heavy (non-hydrogen) atoms. The number of hydrogen-bond donors (Lipinski definition) is 1. The summed E-state index contributed by atoms with van der Waals surface area (Å²) in [6.45, 7) is 0.704. The number of H-pyrrole nitrogens is 1. The Kier molecular flexibility index (Phi) is 3.90. The number of hydrogen-bond acceptors (Lipinski definition) is 4. The van der Waals surface area contributed by atoms with Gasteiger partial charge >= 0.3 is 0 Å². The number of aromatic nitrogens is 4. The summed E-state index contributed by atoms with van der Waals surface area (Å²) in [6.07, 6.45) is 0.959. The Hall–Kier alpha value is -2.47. The topological polar surface area (TPSA) is 55.2 Å². The van der Waals surface area contributed by atoms with E-state index in [1.165, 1.54) is 0 Å². The highest BCUT2D eigenvalue weighted by molar-refractivity contribution is 7.99. The molecule has 0 aliphatic carbocycles. The van der Waals surface area contributed by atoms with Gasteiger partial charge in [-0.25, -0.2) is 10.1 Å². The van der Waals surface area contributed by atoms with Crippen LogP contribution in [0.2, 0.25) is 0 Å². The van der Waals surface area contributed by atoms with Gasteiger partial charge in [-0.1, -0.05) is 42.1 Å². The van der Waals surface area contributed by atoms with Crippen molar-refractivity contribution in [2.24, 2.45) is 0 Å². The van der Waals surface area contributed by atoms with Crippen molar-refractivity contribution >= 4 is 28.6 Å². The Balaban J connectivity index is 1.38. The Bertz CT molecular complexity index is 916. The van der Waals surface area contributed by atoms with Gasteiger partial charge in [0, 0.05) is 5.75 Å². The first-order valence-corrected chi connectivity index (χ1v) is 8.52. The van der Waals surface area contributed by atoms with E-state index in [1.807, 2.05) is 48.5 Å². The average Bonchev–Trinajstić information content (AvgIpc) is 3.15. The normalized spacial score (nSPS) is 11.3. The molecule has 2 heterocycles.